The van der Waals surface area contributed by atoms with Crippen LogP contribution in [0.1, 0.15) is 23.5 Å². The van der Waals surface area contributed by atoms with Gasteiger partial charge in [0.25, 0.3) is 0 Å². The van der Waals surface area contributed by atoms with Gasteiger partial charge in [-0.25, -0.2) is 0 Å². The molecule has 0 saturated heterocycles. The second-order valence-electron chi connectivity index (χ2n) is 4.67. The maximum absolute atomic E-state index is 5.82. The average Bonchev–Trinajstić information content (AvgIpc) is 2.46. The number of rotatable bonds is 6. The van der Waals surface area contributed by atoms with E-state index in [9.17, 15) is 0 Å². The number of benzene rings is 1. The summed E-state index contributed by atoms with van der Waals surface area (Å²) < 4.78 is 5.74. The zero-order valence-corrected chi connectivity index (χ0v) is 11.3. The highest BCUT2D eigenvalue weighted by molar-refractivity contribution is 5.26. The minimum absolute atomic E-state index is 0.305. The molecule has 1 aromatic heterocycles. The van der Waals surface area contributed by atoms with Crippen LogP contribution in [0.5, 0.6) is 5.75 Å². The van der Waals surface area contributed by atoms with Gasteiger partial charge in [0, 0.05) is 18.3 Å². The fourth-order valence-corrected chi connectivity index (χ4v) is 1.99. The van der Waals surface area contributed by atoms with Crippen molar-refractivity contribution in [2.45, 2.75) is 19.3 Å². The van der Waals surface area contributed by atoms with E-state index in [2.05, 4.69) is 30.1 Å². The second-order valence-corrected chi connectivity index (χ2v) is 4.67. The zero-order chi connectivity index (χ0) is 13.5. The number of aromatic nitrogens is 1. The number of nitrogens with two attached hydrogens (primary N) is 1. The maximum atomic E-state index is 5.82. The Bertz CT molecular complexity index is 482. The van der Waals surface area contributed by atoms with Crippen molar-refractivity contribution in [2.24, 2.45) is 5.73 Å². The topological polar surface area (TPSA) is 48.1 Å². The molecule has 19 heavy (non-hydrogen) atoms. The third-order valence-electron chi connectivity index (χ3n) is 3.20. The van der Waals surface area contributed by atoms with Gasteiger partial charge in [-0.3, -0.25) is 4.98 Å². The summed E-state index contributed by atoms with van der Waals surface area (Å²) in [4.78, 5) is 4.13. The number of nitrogens with zero attached hydrogens (tertiary/aromatic N) is 1. The van der Waals surface area contributed by atoms with E-state index in [1.165, 1.54) is 11.1 Å². The summed E-state index contributed by atoms with van der Waals surface area (Å²) in [5.41, 5.74) is 8.24. The molecule has 3 heteroatoms. The van der Waals surface area contributed by atoms with Gasteiger partial charge in [0.2, 0.25) is 0 Å². The monoisotopic (exact) mass is 256 g/mol. The van der Waals surface area contributed by atoms with Crippen molar-refractivity contribution in [1.29, 1.82) is 0 Å². The standard InChI is InChI=1S/C16H20N2O/c1-13-4-6-16(7-5-13)19-10-8-14(11-17)15-3-2-9-18-12-15/h2-7,9,12,14H,8,10-11,17H2,1H3. The molecule has 0 radical (unpaired) electrons. The number of pyridine rings is 1. The Morgan fingerprint density at radius 3 is 2.63 bits per heavy atom. The lowest BCUT2D eigenvalue weighted by Gasteiger charge is -2.15. The van der Waals surface area contributed by atoms with Gasteiger partial charge in [0.05, 0.1) is 6.61 Å². The van der Waals surface area contributed by atoms with Crippen molar-refractivity contribution < 1.29 is 4.74 Å². The van der Waals surface area contributed by atoms with Crippen molar-refractivity contribution in [3.8, 4) is 5.75 Å². The third-order valence-corrected chi connectivity index (χ3v) is 3.20. The summed E-state index contributed by atoms with van der Waals surface area (Å²) in [6.07, 6.45) is 4.55. The molecule has 2 N–H and O–H groups in total. The molecule has 0 amide bonds. The molecule has 1 aromatic carbocycles. The van der Waals surface area contributed by atoms with Crippen LogP contribution in [-0.2, 0) is 0 Å². The minimum atomic E-state index is 0.305. The first-order chi connectivity index (χ1) is 9.29. The van der Waals surface area contributed by atoms with Crippen LogP contribution in [0.2, 0.25) is 0 Å². The molecule has 0 aliphatic rings. The highest BCUT2D eigenvalue weighted by atomic mass is 16.5. The minimum Gasteiger partial charge on any atom is -0.494 e. The van der Waals surface area contributed by atoms with Crippen LogP contribution < -0.4 is 10.5 Å². The smallest absolute Gasteiger partial charge is 0.119 e. The summed E-state index contributed by atoms with van der Waals surface area (Å²) in [6.45, 7) is 3.35. The Morgan fingerprint density at radius 2 is 2.00 bits per heavy atom. The number of hydrogen-bond acceptors (Lipinski definition) is 3. The lowest BCUT2D eigenvalue weighted by atomic mass is 9.98. The molecular formula is C16H20N2O. The van der Waals surface area contributed by atoms with Gasteiger partial charge in [-0.1, -0.05) is 23.8 Å². The Hall–Kier alpha value is -1.87. The van der Waals surface area contributed by atoms with Gasteiger partial charge in [0.15, 0.2) is 0 Å². The lowest BCUT2D eigenvalue weighted by molar-refractivity contribution is 0.298. The predicted molar refractivity (Wildman–Crippen MR) is 77.3 cm³/mol. The second kappa shape index (κ2) is 6.90. The molecule has 0 bridgehead atoms. The molecule has 0 aliphatic carbocycles. The molecule has 1 atom stereocenters. The van der Waals surface area contributed by atoms with Crippen LogP contribution in [0, 0.1) is 6.92 Å². The first kappa shape index (κ1) is 13.6. The molecule has 1 heterocycles. The largest absolute Gasteiger partial charge is 0.494 e. The maximum Gasteiger partial charge on any atom is 0.119 e. The Kier molecular flexibility index (Phi) is 4.93. The van der Waals surface area contributed by atoms with Crippen molar-refractivity contribution in [2.75, 3.05) is 13.2 Å². The van der Waals surface area contributed by atoms with Gasteiger partial charge in [-0.2, -0.15) is 0 Å². The molecule has 1 unspecified atom stereocenters. The SMILES string of the molecule is Cc1ccc(OCCC(CN)c2cccnc2)cc1. The average molecular weight is 256 g/mol. The van der Waals surface area contributed by atoms with E-state index in [1.54, 1.807) is 6.20 Å². The Labute approximate surface area is 114 Å². The zero-order valence-electron chi connectivity index (χ0n) is 11.3. The molecule has 2 rings (SSSR count). The van der Waals surface area contributed by atoms with E-state index in [4.69, 9.17) is 10.5 Å². The molecule has 3 nitrogen and oxygen atoms in total. The van der Waals surface area contributed by atoms with Crippen molar-refractivity contribution in [3.05, 3.63) is 59.9 Å². The molecule has 0 fully saturated rings. The Balaban J connectivity index is 1.85. The van der Waals surface area contributed by atoms with Crippen LogP contribution in [0.25, 0.3) is 0 Å². The molecule has 100 valence electrons. The van der Waals surface area contributed by atoms with Crippen LogP contribution in [0.15, 0.2) is 48.8 Å². The Morgan fingerprint density at radius 1 is 1.21 bits per heavy atom. The molecule has 0 saturated carbocycles. The van der Waals surface area contributed by atoms with E-state index < -0.39 is 0 Å². The summed E-state index contributed by atoms with van der Waals surface area (Å²) >= 11 is 0. The van der Waals surface area contributed by atoms with E-state index in [-0.39, 0.29) is 0 Å². The summed E-state index contributed by atoms with van der Waals surface area (Å²) in [5, 5.41) is 0. The first-order valence-electron chi connectivity index (χ1n) is 6.59. The molecule has 0 spiro atoms. The molecule has 0 aliphatic heterocycles. The number of aryl methyl sites for hydroxylation is 1. The first-order valence-corrected chi connectivity index (χ1v) is 6.59. The van der Waals surface area contributed by atoms with Crippen LogP contribution in [0.3, 0.4) is 0 Å². The van der Waals surface area contributed by atoms with E-state index in [0.717, 1.165) is 12.2 Å². The van der Waals surface area contributed by atoms with E-state index in [1.807, 2.05) is 24.4 Å². The van der Waals surface area contributed by atoms with Crippen LogP contribution in [-0.4, -0.2) is 18.1 Å². The summed E-state index contributed by atoms with van der Waals surface area (Å²) in [7, 11) is 0. The lowest BCUT2D eigenvalue weighted by Crippen LogP contribution is -2.15. The predicted octanol–water partition coefficient (Wildman–Crippen LogP) is 2.90. The van der Waals surface area contributed by atoms with Crippen LogP contribution in [0.4, 0.5) is 0 Å². The summed E-state index contributed by atoms with van der Waals surface area (Å²) in [5.74, 6) is 1.21. The number of hydrogen-bond donors (Lipinski definition) is 1. The number of ether oxygens (including phenoxy) is 1. The van der Waals surface area contributed by atoms with Gasteiger partial charge < -0.3 is 10.5 Å². The summed E-state index contributed by atoms with van der Waals surface area (Å²) in [6, 6.07) is 12.1. The fraction of sp³-hybridized carbons (Fsp3) is 0.312. The van der Waals surface area contributed by atoms with Gasteiger partial charge >= 0.3 is 0 Å². The van der Waals surface area contributed by atoms with E-state index >= 15 is 0 Å². The van der Waals surface area contributed by atoms with Crippen molar-refractivity contribution >= 4 is 0 Å². The fourth-order valence-electron chi connectivity index (χ4n) is 1.99. The van der Waals surface area contributed by atoms with Crippen molar-refractivity contribution in [3.63, 3.8) is 0 Å². The van der Waals surface area contributed by atoms with Gasteiger partial charge in [0.1, 0.15) is 5.75 Å². The highest BCUT2D eigenvalue weighted by Gasteiger charge is 2.09. The molecular weight excluding hydrogens is 236 g/mol. The van der Waals surface area contributed by atoms with Crippen molar-refractivity contribution in [1.82, 2.24) is 4.98 Å². The molecule has 2 aromatic rings. The van der Waals surface area contributed by atoms with Crippen LogP contribution >= 0.6 is 0 Å². The highest BCUT2D eigenvalue weighted by Crippen LogP contribution is 2.18. The van der Waals surface area contributed by atoms with E-state index in [0.29, 0.717) is 19.1 Å². The van der Waals surface area contributed by atoms with Gasteiger partial charge in [-0.15, -0.1) is 0 Å². The normalized spacial score (nSPS) is 12.1. The van der Waals surface area contributed by atoms with Gasteiger partial charge in [-0.05, 0) is 43.7 Å². The third kappa shape index (κ3) is 4.07. The quantitative estimate of drug-likeness (QED) is 0.864.